The summed E-state index contributed by atoms with van der Waals surface area (Å²) >= 11 is 0. The highest BCUT2D eigenvalue weighted by molar-refractivity contribution is 5.80. The van der Waals surface area contributed by atoms with Crippen molar-refractivity contribution < 1.29 is 19.4 Å². The van der Waals surface area contributed by atoms with E-state index >= 15 is 0 Å². The molecule has 1 amide bonds. The molecule has 0 bridgehead atoms. The summed E-state index contributed by atoms with van der Waals surface area (Å²) in [6.45, 7) is 5.22. The SMILES string of the molecule is CC1COCC(C)N1C(=O)C1CCC(C(=O)O)CC1. The second-order valence-corrected chi connectivity index (χ2v) is 5.87. The van der Waals surface area contributed by atoms with Crippen LogP contribution in [0.5, 0.6) is 0 Å². The Kier molecular flexibility index (Phi) is 4.45. The summed E-state index contributed by atoms with van der Waals surface area (Å²) in [5.74, 6) is -0.798. The minimum absolute atomic E-state index is 0.00130. The second kappa shape index (κ2) is 5.90. The third-order valence-electron chi connectivity index (χ3n) is 4.35. The topological polar surface area (TPSA) is 66.8 Å². The predicted molar refractivity (Wildman–Crippen MR) is 69.7 cm³/mol. The molecule has 2 atom stereocenters. The molecule has 19 heavy (non-hydrogen) atoms. The highest BCUT2D eigenvalue weighted by Gasteiger charge is 2.36. The zero-order chi connectivity index (χ0) is 14.0. The van der Waals surface area contributed by atoms with Crippen LogP contribution in [0.15, 0.2) is 0 Å². The zero-order valence-electron chi connectivity index (χ0n) is 11.7. The van der Waals surface area contributed by atoms with Crippen LogP contribution in [0.3, 0.4) is 0 Å². The molecule has 1 saturated heterocycles. The van der Waals surface area contributed by atoms with Crippen molar-refractivity contribution in [3.8, 4) is 0 Å². The number of amides is 1. The maximum absolute atomic E-state index is 12.6. The minimum Gasteiger partial charge on any atom is -0.481 e. The van der Waals surface area contributed by atoms with Gasteiger partial charge in [-0.25, -0.2) is 0 Å². The van der Waals surface area contributed by atoms with E-state index in [0.717, 1.165) is 0 Å². The Hall–Kier alpha value is -1.10. The molecule has 0 spiro atoms. The Bertz CT molecular complexity index is 339. The highest BCUT2D eigenvalue weighted by Crippen LogP contribution is 2.31. The van der Waals surface area contributed by atoms with Crippen molar-refractivity contribution in [3.63, 3.8) is 0 Å². The Labute approximate surface area is 113 Å². The van der Waals surface area contributed by atoms with Gasteiger partial charge in [0.15, 0.2) is 0 Å². The first-order valence-electron chi connectivity index (χ1n) is 7.13. The molecule has 2 rings (SSSR count). The van der Waals surface area contributed by atoms with E-state index in [1.54, 1.807) is 0 Å². The van der Waals surface area contributed by atoms with Crippen LogP contribution in [0.25, 0.3) is 0 Å². The number of hydrogen-bond acceptors (Lipinski definition) is 3. The van der Waals surface area contributed by atoms with Crippen LogP contribution in [0.2, 0.25) is 0 Å². The van der Waals surface area contributed by atoms with Gasteiger partial charge in [0.2, 0.25) is 5.91 Å². The van der Waals surface area contributed by atoms with E-state index in [2.05, 4.69) is 0 Å². The fraction of sp³-hybridized carbons (Fsp3) is 0.857. The van der Waals surface area contributed by atoms with Gasteiger partial charge in [-0.15, -0.1) is 0 Å². The first kappa shape index (κ1) is 14.3. The number of aliphatic carboxylic acids is 1. The van der Waals surface area contributed by atoms with Gasteiger partial charge < -0.3 is 14.7 Å². The molecule has 5 nitrogen and oxygen atoms in total. The Morgan fingerprint density at radius 3 is 1.95 bits per heavy atom. The van der Waals surface area contributed by atoms with Gasteiger partial charge in [0.05, 0.1) is 31.2 Å². The third kappa shape index (κ3) is 3.08. The lowest BCUT2D eigenvalue weighted by atomic mass is 9.81. The van der Waals surface area contributed by atoms with Crippen molar-refractivity contribution in [2.24, 2.45) is 11.8 Å². The van der Waals surface area contributed by atoms with E-state index in [0.29, 0.717) is 38.9 Å². The summed E-state index contributed by atoms with van der Waals surface area (Å²) in [4.78, 5) is 25.4. The summed E-state index contributed by atoms with van der Waals surface area (Å²) < 4.78 is 5.44. The average molecular weight is 269 g/mol. The van der Waals surface area contributed by atoms with E-state index in [-0.39, 0.29) is 29.8 Å². The van der Waals surface area contributed by atoms with Gasteiger partial charge >= 0.3 is 5.97 Å². The van der Waals surface area contributed by atoms with Crippen molar-refractivity contribution in [2.75, 3.05) is 13.2 Å². The summed E-state index contributed by atoms with van der Waals surface area (Å²) in [5.41, 5.74) is 0. The van der Waals surface area contributed by atoms with Crippen LogP contribution in [0.4, 0.5) is 0 Å². The number of carboxylic acids is 1. The van der Waals surface area contributed by atoms with Gasteiger partial charge in [-0.05, 0) is 39.5 Å². The molecule has 2 unspecified atom stereocenters. The third-order valence-corrected chi connectivity index (χ3v) is 4.35. The molecule has 1 aliphatic heterocycles. The second-order valence-electron chi connectivity index (χ2n) is 5.87. The number of rotatable bonds is 2. The van der Waals surface area contributed by atoms with E-state index < -0.39 is 5.97 Å². The first-order valence-corrected chi connectivity index (χ1v) is 7.13. The van der Waals surface area contributed by atoms with E-state index in [1.165, 1.54) is 0 Å². The summed E-state index contributed by atoms with van der Waals surface area (Å²) in [7, 11) is 0. The molecule has 1 saturated carbocycles. The number of morpholine rings is 1. The van der Waals surface area contributed by atoms with E-state index in [9.17, 15) is 9.59 Å². The van der Waals surface area contributed by atoms with Gasteiger partial charge in [-0.2, -0.15) is 0 Å². The highest BCUT2D eigenvalue weighted by atomic mass is 16.5. The average Bonchev–Trinajstić information content (AvgIpc) is 2.38. The lowest BCUT2D eigenvalue weighted by Gasteiger charge is -2.41. The molecule has 0 aromatic carbocycles. The Balaban J connectivity index is 1.95. The maximum atomic E-state index is 12.6. The Morgan fingerprint density at radius 1 is 1.00 bits per heavy atom. The molecule has 1 heterocycles. The van der Waals surface area contributed by atoms with Crippen molar-refractivity contribution in [1.82, 2.24) is 4.90 Å². The number of nitrogens with zero attached hydrogens (tertiary/aromatic N) is 1. The molecule has 1 aliphatic carbocycles. The lowest BCUT2D eigenvalue weighted by molar-refractivity contribution is -0.152. The lowest BCUT2D eigenvalue weighted by Crippen LogP contribution is -2.54. The van der Waals surface area contributed by atoms with Crippen molar-refractivity contribution in [1.29, 1.82) is 0 Å². The largest absolute Gasteiger partial charge is 0.481 e. The van der Waals surface area contributed by atoms with Gasteiger partial charge in [0.1, 0.15) is 0 Å². The van der Waals surface area contributed by atoms with E-state index in [1.807, 2.05) is 18.7 Å². The van der Waals surface area contributed by atoms with Crippen molar-refractivity contribution >= 4 is 11.9 Å². The Morgan fingerprint density at radius 2 is 1.47 bits per heavy atom. The van der Waals surface area contributed by atoms with Crippen LogP contribution < -0.4 is 0 Å². The first-order chi connectivity index (χ1) is 9.00. The number of carbonyl (C=O) groups excluding carboxylic acids is 1. The molecule has 1 N–H and O–H groups in total. The quantitative estimate of drug-likeness (QED) is 0.825. The fourth-order valence-corrected chi connectivity index (χ4v) is 3.24. The predicted octanol–water partition coefficient (Wildman–Crippen LogP) is 1.51. The van der Waals surface area contributed by atoms with Crippen LogP contribution >= 0.6 is 0 Å². The molecule has 108 valence electrons. The van der Waals surface area contributed by atoms with Crippen LogP contribution in [-0.2, 0) is 14.3 Å². The standard InChI is InChI=1S/C14H23NO4/c1-9-7-19-8-10(2)15(9)13(16)11-3-5-12(6-4-11)14(17)18/h9-12H,3-8H2,1-2H3,(H,17,18). The van der Waals surface area contributed by atoms with Crippen LogP contribution in [0.1, 0.15) is 39.5 Å². The van der Waals surface area contributed by atoms with Crippen molar-refractivity contribution in [3.05, 3.63) is 0 Å². The zero-order valence-corrected chi connectivity index (χ0v) is 11.7. The summed E-state index contributed by atoms with van der Waals surface area (Å²) in [6.07, 6.45) is 2.65. The van der Waals surface area contributed by atoms with Crippen molar-refractivity contribution in [2.45, 2.75) is 51.6 Å². The molecule has 5 heteroatoms. The van der Waals surface area contributed by atoms with Crippen LogP contribution in [0, 0.1) is 11.8 Å². The number of ether oxygens (including phenoxy) is 1. The summed E-state index contributed by atoms with van der Waals surface area (Å²) in [5, 5.41) is 8.98. The maximum Gasteiger partial charge on any atom is 0.306 e. The molecular formula is C14H23NO4. The van der Waals surface area contributed by atoms with Gasteiger partial charge in [-0.1, -0.05) is 0 Å². The molecule has 0 radical (unpaired) electrons. The van der Waals surface area contributed by atoms with Crippen LogP contribution in [-0.4, -0.2) is 47.2 Å². The smallest absolute Gasteiger partial charge is 0.306 e. The number of carboxylic acid groups (broad SMARTS) is 1. The van der Waals surface area contributed by atoms with E-state index in [4.69, 9.17) is 9.84 Å². The number of hydrogen-bond donors (Lipinski definition) is 1. The molecular weight excluding hydrogens is 246 g/mol. The fourth-order valence-electron chi connectivity index (χ4n) is 3.24. The molecule has 2 aliphatic rings. The molecule has 0 aromatic heterocycles. The monoisotopic (exact) mass is 269 g/mol. The normalized spacial score (nSPS) is 36.0. The molecule has 0 aromatic rings. The number of carbonyl (C=O) groups is 2. The van der Waals surface area contributed by atoms with Gasteiger partial charge in [0, 0.05) is 5.92 Å². The van der Waals surface area contributed by atoms with Gasteiger partial charge in [-0.3, -0.25) is 9.59 Å². The molecule has 2 fully saturated rings. The summed E-state index contributed by atoms with van der Waals surface area (Å²) in [6, 6.07) is 0.238. The minimum atomic E-state index is -0.723. The van der Waals surface area contributed by atoms with Gasteiger partial charge in [0.25, 0.3) is 0 Å².